The fraction of sp³-hybridized carbons (Fsp3) is 0.733. The highest BCUT2D eigenvalue weighted by molar-refractivity contribution is 7.98. The SMILES string of the molecule is CSCC(CCO)Nc1ncc(C)c(NC(CCO)CSC)n1. The normalized spacial score (nSPS) is 13.6. The molecule has 0 radical (unpaired) electrons. The third-order valence-electron chi connectivity index (χ3n) is 3.34. The topological polar surface area (TPSA) is 90.3 Å². The number of aromatic nitrogens is 2. The van der Waals surface area contributed by atoms with Gasteiger partial charge in [-0.2, -0.15) is 28.5 Å². The molecule has 1 aromatic rings. The van der Waals surface area contributed by atoms with E-state index in [1.165, 1.54) is 0 Å². The molecular weight excluding hydrogens is 332 g/mol. The van der Waals surface area contributed by atoms with Crippen LogP contribution in [0.15, 0.2) is 6.20 Å². The van der Waals surface area contributed by atoms with Crippen LogP contribution in [0.5, 0.6) is 0 Å². The van der Waals surface area contributed by atoms with Crippen LogP contribution >= 0.6 is 23.5 Å². The van der Waals surface area contributed by atoms with Gasteiger partial charge in [0.05, 0.1) is 0 Å². The first-order valence-electron chi connectivity index (χ1n) is 7.70. The summed E-state index contributed by atoms with van der Waals surface area (Å²) in [6.45, 7) is 2.26. The molecule has 4 N–H and O–H groups in total. The lowest BCUT2D eigenvalue weighted by Gasteiger charge is -2.20. The highest BCUT2D eigenvalue weighted by Gasteiger charge is 2.13. The van der Waals surface area contributed by atoms with Crippen molar-refractivity contribution in [3.63, 3.8) is 0 Å². The van der Waals surface area contributed by atoms with Gasteiger partial charge in [0, 0.05) is 48.6 Å². The molecule has 2 atom stereocenters. The highest BCUT2D eigenvalue weighted by atomic mass is 32.2. The maximum atomic E-state index is 9.18. The van der Waals surface area contributed by atoms with Gasteiger partial charge in [-0.3, -0.25) is 0 Å². The summed E-state index contributed by atoms with van der Waals surface area (Å²) in [6, 6.07) is 0.320. The smallest absolute Gasteiger partial charge is 0.224 e. The van der Waals surface area contributed by atoms with Crippen LogP contribution in [0.2, 0.25) is 0 Å². The quantitative estimate of drug-likeness (QED) is 0.449. The number of aliphatic hydroxyl groups is 2. The van der Waals surface area contributed by atoms with E-state index in [9.17, 15) is 5.11 Å². The first kappa shape index (κ1) is 20.3. The van der Waals surface area contributed by atoms with Crippen molar-refractivity contribution in [3.8, 4) is 0 Å². The molecule has 0 bridgehead atoms. The van der Waals surface area contributed by atoms with Gasteiger partial charge >= 0.3 is 0 Å². The fourth-order valence-corrected chi connectivity index (χ4v) is 3.45. The molecule has 6 nitrogen and oxygen atoms in total. The summed E-state index contributed by atoms with van der Waals surface area (Å²) in [5.74, 6) is 3.16. The molecule has 1 rings (SSSR count). The van der Waals surface area contributed by atoms with E-state index in [0.717, 1.165) is 22.9 Å². The van der Waals surface area contributed by atoms with Crippen LogP contribution in [-0.2, 0) is 0 Å². The third-order valence-corrected chi connectivity index (χ3v) is 4.81. The average Bonchev–Trinajstić information content (AvgIpc) is 2.51. The zero-order valence-electron chi connectivity index (χ0n) is 14.1. The summed E-state index contributed by atoms with van der Waals surface area (Å²) >= 11 is 3.46. The van der Waals surface area contributed by atoms with Gasteiger partial charge in [0.2, 0.25) is 5.95 Å². The molecule has 2 unspecified atom stereocenters. The maximum Gasteiger partial charge on any atom is 0.224 e. The van der Waals surface area contributed by atoms with E-state index >= 15 is 0 Å². The molecule has 0 aliphatic rings. The molecule has 0 saturated heterocycles. The van der Waals surface area contributed by atoms with Crippen LogP contribution in [0.1, 0.15) is 18.4 Å². The summed E-state index contributed by atoms with van der Waals surface area (Å²) < 4.78 is 0. The number of nitrogens with zero attached hydrogens (tertiary/aromatic N) is 2. The van der Waals surface area contributed by atoms with Crippen LogP contribution in [-0.4, -0.2) is 69.5 Å². The second-order valence-electron chi connectivity index (χ2n) is 5.34. The first-order chi connectivity index (χ1) is 11.1. The van der Waals surface area contributed by atoms with E-state index in [1.807, 2.05) is 19.4 Å². The van der Waals surface area contributed by atoms with Gasteiger partial charge in [-0.1, -0.05) is 0 Å². The monoisotopic (exact) mass is 360 g/mol. The molecule has 0 saturated carbocycles. The van der Waals surface area contributed by atoms with Crippen molar-refractivity contribution in [3.05, 3.63) is 11.8 Å². The zero-order valence-corrected chi connectivity index (χ0v) is 15.7. The number of hydrogen-bond acceptors (Lipinski definition) is 8. The van der Waals surface area contributed by atoms with Crippen molar-refractivity contribution in [1.29, 1.82) is 0 Å². The van der Waals surface area contributed by atoms with E-state index in [2.05, 4.69) is 20.6 Å². The molecule has 0 amide bonds. The number of hydrogen-bond donors (Lipinski definition) is 4. The summed E-state index contributed by atoms with van der Waals surface area (Å²) in [5.41, 5.74) is 0.975. The van der Waals surface area contributed by atoms with Gasteiger partial charge in [0.25, 0.3) is 0 Å². The summed E-state index contributed by atoms with van der Waals surface area (Å²) in [4.78, 5) is 8.90. The molecule has 1 heterocycles. The van der Waals surface area contributed by atoms with E-state index in [0.29, 0.717) is 18.8 Å². The molecule has 0 aromatic carbocycles. The standard InChI is InChI=1S/C15H28N4O2S2/c1-11-8-16-15(18-13(5-7-21)10-23-3)19-14(11)17-12(4-6-20)9-22-2/h8,12-13,20-21H,4-7,9-10H2,1-3H3,(H2,16,17,18,19). The second kappa shape index (κ2) is 11.8. The summed E-state index contributed by atoms with van der Waals surface area (Å²) in [5, 5.41) is 25.0. The Bertz CT molecular complexity index is 439. The Kier molecular flexibility index (Phi) is 10.4. The van der Waals surface area contributed by atoms with Gasteiger partial charge in [-0.15, -0.1) is 0 Å². The van der Waals surface area contributed by atoms with Crippen LogP contribution in [0.4, 0.5) is 11.8 Å². The number of rotatable bonds is 12. The molecule has 8 heteroatoms. The van der Waals surface area contributed by atoms with E-state index in [-0.39, 0.29) is 25.3 Å². The van der Waals surface area contributed by atoms with Crippen molar-refractivity contribution in [1.82, 2.24) is 9.97 Å². The minimum absolute atomic E-state index is 0.140. The van der Waals surface area contributed by atoms with Crippen molar-refractivity contribution >= 4 is 35.3 Å². The Morgan fingerprint density at radius 2 is 1.61 bits per heavy atom. The average molecular weight is 361 g/mol. The maximum absolute atomic E-state index is 9.18. The van der Waals surface area contributed by atoms with Gasteiger partial charge in [0.1, 0.15) is 5.82 Å². The molecular formula is C15H28N4O2S2. The van der Waals surface area contributed by atoms with Crippen molar-refractivity contribution in [2.24, 2.45) is 0 Å². The fourth-order valence-electron chi connectivity index (χ4n) is 2.14. The van der Waals surface area contributed by atoms with E-state index in [4.69, 9.17) is 5.11 Å². The van der Waals surface area contributed by atoms with Crippen molar-refractivity contribution in [2.45, 2.75) is 31.8 Å². The minimum Gasteiger partial charge on any atom is -0.396 e. The minimum atomic E-state index is 0.140. The van der Waals surface area contributed by atoms with E-state index < -0.39 is 0 Å². The third kappa shape index (κ3) is 7.60. The Morgan fingerprint density at radius 3 is 2.13 bits per heavy atom. The lowest BCUT2D eigenvalue weighted by molar-refractivity contribution is 0.282. The predicted molar refractivity (Wildman–Crippen MR) is 102 cm³/mol. The number of aliphatic hydroxyl groups excluding tert-OH is 2. The second-order valence-corrected chi connectivity index (χ2v) is 7.16. The Labute approximate surface area is 147 Å². The van der Waals surface area contributed by atoms with Gasteiger partial charge < -0.3 is 20.8 Å². The van der Waals surface area contributed by atoms with Gasteiger partial charge in [0.15, 0.2) is 0 Å². The Hall–Kier alpha value is -0.700. The van der Waals surface area contributed by atoms with Gasteiger partial charge in [-0.25, -0.2) is 4.98 Å². The number of aryl methyl sites for hydroxylation is 1. The predicted octanol–water partition coefficient (Wildman–Crippen LogP) is 1.84. The number of thioether (sulfide) groups is 2. The highest BCUT2D eigenvalue weighted by Crippen LogP contribution is 2.17. The van der Waals surface area contributed by atoms with Crippen molar-refractivity contribution < 1.29 is 10.2 Å². The van der Waals surface area contributed by atoms with Crippen LogP contribution in [0, 0.1) is 6.92 Å². The molecule has 0 fully saturated rings. The number of anilines is 2. The Morgan fingerprint density at radius 1 is 1.04 bits per heavy atom. The van der Waals surface area contributed by atoms with E-state index in [1.54, 1.807) is 29.7 Å². The number of nitrogens with one attached hydrogen (secondary N) is 2. The van der Waals surface area contributed by atoms with Crippen LogP contribution in [0.25, 0.3) is 0 Å². The molecule has 23 heavy (non-hydrogen) atoms. The van der Waals surface area contributed by atoms with Crippen molar-refractivity contribution in [2.75, 3.05) is 47.9 Å². The molecule has 0 aliphatic heterocycles. The van der Waals surface area contributed by atoms with Crippen LogP contribution in [0.3, 0.4) is 0 Å². The zero-order chi connectivity index (χ0) is 17.1. The summed E-state index contributed by atoms with van der Waals surface area (Å²) in [7, 11) is 0. The molecule has 0 spiro atoms. The molecule has 132 valence electrons. The largest absolute Gasteiger partial charge is 0.396 e. The molecule has 1 aromatic heterocycles. The lowest BCUT2D eigenvalue weighted by Crippen LogP contribution is -2.27. The lowest BCUT2D eigenvalue weighted by atomic mass is 10.2. The molecule has 0 aliphatic carbocycles. The Balaban J connectivity index is 2.80. The summed E-state index contributed by atoms with van der Waals surface area (Å²) in [6.07, 6.45) is 7.24. The first-order valence-corrected chi connectivity index (χ1v) is 10.5. The van der Waals surface area contributed by atoms with Crippen LogP contribution < -0.4 is 10.6 Å². The van der Waals surface area contributed by atoms with Gasteiger partial charge in [-0.05, 0) is 32.3 Å².